The highest BCUT2D eigenvalue weighted by Gasteiger charge is 2.19. The lowest BCUT2D eigenvalue weighted by Gasteiger charge is -2.17. The van der Waals surface area contributed by atoms with Crippen LogP contribution in [0.2, 0.25) is 0 Å². The second-order valence-corrected chi connectivity index (χ2v) is 5.22. The van der Waals surface area contributed by atoms with Gasteiger partial charge in [0.05, 0.1) is 5.52 Å². The van der Waals surface area contributed by atoms with Crippen molar-refractivity contribution in [2.24, 2.45) is 0 Å². The van der Waals surface area contributed by atoms with Gasteiger partial charge in [0.1, 0.15) is 5.69 Å². The standard InChI is InChI=1S/C13H14N2OS/c1-2-14-13(16)10-8-9-4-3-5-11-12(9)15(10)6-7-17-11/h3-5,8H,2,6-7H2,1H3,(H,14,16). The Balaban J connectivity index is 2.21. The first-order valence-electron chi connectivity index (χ1n) is 5.84. The number of carbonyl (C=O) groups excluding carboxylic acids is 1. The first-order chi connectivity index (χ1) is 8.31. The molecule has 2 heterocycles. The molecular weight excluding hydrogens is 232 g/mol. The van der Waals surface area contributed by atoms with Gasteiger partial charge in [-0.2, -0.15) is 0 Å². The molecule has 0 unspecified atom stereocenters. The lowest BCUT2D eigenvalue weighted by molar-refractivity contribution is 0.0947. The van der Waals surface area contributed by atoms with Gasteiger partial charge in [-0.3, -0.25) is 4.79 Å². The van der Waals surface area contributed by atoms with Crippen LogP contribution in [0.25, 0.3) is 10.9 Å². The molecule has 0 saturated heterocycles. The van der Waals surface area contributed by atoms with Crippen molar-refractivity contribution in [3.63, 3.8) is 0 Å². The molecule has 0 spiro atoms. The largest absolute Gasteiger partial charge is 0.351 e. The molecule has 1 aliphatic rings. The van der Waals surface area contributed by atoms with Crippen molar-refractivity contribution in [1.82, 2.24) is 9.88 Å². The van der Waals surface area contributed by atoms with E-state index in [0.29, 0.717) is 6.54 Å². The van der Waals surface area contributed by atoms with E-state index >= 15 is 0 Å². The Hall–Kier alpha value is -1.42. The Morgan fingerprint density at radius 3 is 3.24 bits per heavy atom. The predicted octanol–water partition coefficient (Wildman–Crippen LogP) is 2.50. The fourth-order valence-corrected chi connectivity index (χ4v) is 3.36. The summed E-state index contributed by atoms with van der Waals surface area (Å²) in [5.41, 5.74) is 2.00. The minimum atomic E-state index is 0.0292. The van der Waals surface area contributed by atoms with Crippen LogP contribution in [0, 0.1) is 0 Å². The fourth-order valence-electron chi connectivity index (χ4n) is 2.33. The first-order valence-corrected chi connectivity index (χ1v) is 6.83. The zero-order chi connectivity index (χ0) is 11.8. The van der Waals surface area contributed by atoms with Gasteiger partial charge in [0.25, 0.3) is 5.91 Å². The van der Waals surface area contributed by atoms with Gasteiger partial charge >= 0.3 is 0 Å². The van der Waals surface area contributed by atoms with E-state index in [4.69, 9.17) is 0 Å². The topological polar surface area (TPSA) is 34.0 Å². The van der Waals surface area contributed by atoms with E-state index in [-0.39, 0.29) is 5.91 Å². The van der Waals surface area contributed by atoms with Gasteiger partial charge in [0, 0.05) is 29.1 Å². The maximum absolute atomic E-state index is 12.0. The second-order valence-electron chi connectivity index (χ2n) is 4.08. The zero-order valence-corrected chi connectivity index (χ0v) is 10.5. The Morgan fingerprint density at radius 2 is 2.41 bits per heavy atom. The molecule has 1 aliphatic heterocycles. The van der Waals surface area contributed by atoms with Crippen LogP contribution >= 0.6 is 11.8 Å². The summed E-state index contributed by atoms with van der Waals surface area (Å²) in [6.07, 6.45) is 0. The third kappa shape index (κ3) is 1.63. The van der Waals surface area contributed by atoms with Gasteiger partial charge in [0.15, 0.2) is 0 Å². The summed E-state index contributed by atoms with van der Waals surface area (Å²) in [5, 5.41) is 4.04. The highest BCUT2D eigenvalue weighted by atomic mass is 32.2. The molecule has 0 atom stereocenters. The first kappa shape index (κ1) is 10.7. The Kier molecular flexibility index (Phi) is 2.59. The number of hydrogen-bond donors (Lipinski definition) is 1. The second kappa shape index (κ2) is 4.11. The summed E-state index contributed by atoms with van der Waals surface area (Å²) in [4.78, 5) is 13.3. The summed E-state index contributed by atoms with van der Waals surface area (Å²) in [6, 6.07) is 8.26. The molecule has 0 bridgehead atoms. The lowest BCUT2D eigenvalue weighted by Crippen LogP contribution is -2.26. The van der Waals surface area contributed by atoms with Crippen LogP contribution in [-0.4, -0.2) is 22.8 Å². The highest BCUT2D eigenvalue weighted by molar-refractivity contribution is 7.99. The van der Waals surface area contributed by atoms with Crippen LogP contribution in [0.3, 0.4) is 0 Å². The maximum atomic E-state index is 12.0. The summed E-state index contributed by atoms with van der Waals surface area (Å²) < 4.78 is 2.14. The SMILES string of the molecule is CCNC(=O)c1cc2cccc3c2n1CCS3. The molecular formula is C13H14N2OS. The normalized spacial score (nSPS) is 13.9. The number of nitrogens with zero attached hydrogens (tertiary/aromatic N) is 1. The molecule has 0 aliphatic carbocycles. The van der Waals surface area contributed by atoms with Crippen LogP contribution in [0.4, 0.5) is 0 Å². The van der Waals surface area contributed by atoms with Crippen molar-refractivity contribution >= 4 is 28.6 Å². The molecule has 0 saturated carbocycles. The quantitative estimate of drug-likeness (QED) is 0.883. The number of carbonyl (C=O) groups is 1. The minimum Gasteiger partial charge on any atom is -0.351 e. The molecule has 3 rings (SSSR count). The van der Waals surface area contributed by atoms with Crippen molar-refractivity contribution in [1.29, 1.82) is 0 Å². The Bertz CT molecular complexity index is 588. The number of nitrogens with one attached hydrogen (secondary N) is 1. The third-order valence-electron chi connectivity index (χ3n) is 3.03. The number of rotatable bonds is 2. The molecule has 0 fully saturated rings. The summed E-state index contributed by atoms with van der Waals surface area (Å²) in [6.45, 7) is 3.53. The molecule has 0 radical (unpaired) electrons. The van der Waals surface area contributed by atoms with Gasteiger partial charge in [-0.25, -0.2) is 0 Å². The van der Waals surface area contributed by atoms with E-state index < -0.39 is 0 Å². The molecule has 17 heavy (non-hydrogen) atoms. The van der Waals surface area contributed by atoms with Gasteiger partial charge in [0.2, 0.25) is 0 Å². The molecule has 2 aromatic rings. The average Bonchev–Trinajstić information content (AvgIpc) is 2.72. The van der Waals surface area contributed by atoms with Crippen molar-refractivity contribution < 1.29 is 4.79 Å². The van der Waals surface area contributed by atoms with Crippen molar-refractivity contribution in [2.75, 3.05) is 12.3 Å². The summed E-state index contributed by atoms with van der Waals surface area (Å²) in [5.74, 6) is 1.06. The monoisotopic (exact) mass is 246 g/mol. The lowest BCUT2D eigenvalue weighted by atomic mass is 10.2. The van der Waals surface area contributed by atoms with Crippen molar-refractivity contribution in [2.45, 2.75) is 18.4 Å². The van der Waals surface area contributed by atoms with Crippen LogP contribution < -0.4 is 5.32 Å². The van der Waals surface area contributed by atoms with E-state index in [2.05, 4.69) is 28.1 Å². The minimum absolute atomic E-state index is 0.0292. The van der Waals surface area contributed by atoms with E-state index in [1.54, 1.807) is 0 Å². The molecule has 1 N–H and O–H groups in total. The molecule has 88 valence electrons. The predicted molar refractivity (Wildman–Crippen MR) is 70.7 cm³/mol. The van der Waals surface area contributed by atoms with Crippen LogP contribution in [0.15, 0.2) is 29.2 Å². The van der Waals surface area contributed by atoms with Crippen molar-refractivity contribution in [3.8, 4) is 0 Å². The number of amides is 1. The van der Waals surface area contributed by atoms with Crippen LogP contribution in [-0.2, 0) is 6.54 Å². The summed E-state index contributed by atoms with van der Waals surface area (Å²) >= 11 is 1.87. The number of aryl methyl sites for hydroxylation is 1. The molecule has 3 nitrogen and oxygen atoms in total. The molecule has 1 aromatic heterocycles. The third-order valence-corrected chi connectivity index (χ3v) is 4.05. The van der Waals surface area contributed by atoms with Gasteiger partial charge in [-0.15, -0.1) is 11.8 Å². The number of benzene rings is 1. The maximum Gasteiger partial charge on any atom is 0.267 e. The smallest absolute Gasteiger partial charge is 0.267 e. The van der Waals surface area contributed by atoms with Crippen molar-refractivity contribution in [3.05, 3.63) is 30.0 Å². The van der Waals surface area contributed by atoms with Crippen LogP contribution in [0.5, 0.6) is 0 Å². The number of aromatic nitrogens is 1. The molecule has 1 amide bonds. The van der Waals surface area contributed by atoms with Gasteiger partial charge < -0.3 is 9.88 Å². The van der Waals surface area contributed by atoms with E-state index in [1.807, 2.05) is 24.8 Å². The molecule has 4 heteroatoms. The van der Waals surface area contributed by atoms with E-state index in [0.717, 1.165) is 23.4 Å². The Morgan fingerprint density at radius 1 is 1.53 bits per heavy atom. The van der Waals surface area contributed by atoms with E-state index in [9.17, 15) is 4.79 Å². The average molecular weight is 246 g/mol. The van der Waals surface area contributed by atoms with Gasteiger partial charge in [-0.05, 0) is 19.1 Å². The molecule has 1 aromatic carbocycles. The Labute approximate surface area is 104 Å². The summed E-state index contributed by atoms with van der Waals surface area (Å²) in [7, 11) is 0. The van der Waals surface area contributed by atoms with Crippen LogP contribution in [0.1, 0.15) is 17.4 Å². The van der Waals surface area contributed by atoms with E-state index in [1.165, 1.54) is 10.4 Å². The van der Waals surface area contributed by atoms with Gasteiger partial charge in [-0.1, -0.05) is 12.1 Å². The number of para-hydroxylation sites is 1. The highest BCUT2D eigenvalue weighted by Crippen LogP contribution is 2.34. The number of thioether (sulfide) groups is 1. The number of hydrogen-bond acceptors (Lipinski definition) is 2. The zero-order valence-electron chi connectivity index (χ0n) is 9.69. The fraction of sp³-hybridized carbons (Fsp3) is 0.308.